The van der Waals surface area contributed by atoms with E-state index in [1.165, 1.54) is 0 Å². The molecule has 17 heavy (non-hydrogen) atoms. The highest BCUT2D eigenvalue weighted by Gasteiger charge is 2.13. The van der Waals surface area contributed by atoms with Gasteiger partial charge in [-0.05, 0) is 26.8 Å². The third kappa shape index (κ3) is 2.77. The van der Waals surface area contributed by atoms with Gasteiger partial charge in [0.25, 0.3) is 0 Å². The zero-order valence-electron chi connectivity index (χ0n) is 9.99. The average molecular weight is 252 g/mol. The van der Waals surface area contributed by atoms with Gasteiger partial charge in [-0.15, -0.1) is 0 Å². The molecule has 90 valence electrons. The van der Waals surface area contributed by atoms with Crippen LogP contribution in [0, 0.1) is 13.8 Å². The van der Waals surface area contributed by atoms with Crippen molar-refractivity contribution < 1.29 is 4.42 Å². The van der Waals surface area contributed by atoms with Gasteiger partial charge in [0.05, 0.1) is 23.5 Å². The van der Waals surface area contributed by atoms with Crippen LogP contribution < -0.4 is 5.32 Å². The standard InChI is InChI=1S/C12H14ClN3O/c1-7-4-11(9(3)17-7)8(2)16-12-14-5-10(13)6-15-12/h4-6,8H,1-3H3,(H,14,15,16). The maximum atomic E-state index is 5.73. The fraction of sp³-hybridized carbons (Fsp3) is 0.333. The molecule has 2 aromatic rings. The van der Waals surface area contributed by atoms with Crippen LogP contribution in [0.1, 0.15) is 30.0 Å². The maximum Gasteiger partial charge on any atom is 0.223 e. The zero-order valence-corrected chi connectivity index (χ0v) is 10.7. The van der Waals surface area contributed by atoms with Crippen molar-refractivity contribution in [2.45, 2.75) is 26.8 Å². The molecule has 1 atom stereocenters. The number of aryl methyl sites for hydroxylation is 2. The lowest BCUT2D eigenvalue weighted by atomic mass is 10.1. The van der Waals surface area contributed by atoms with Crippen LogP contribution in [0.25, 0.3) is 0 Å². The van der Waals surface area contributed by atoms with E-state index in [0.29, 0.717) is 11.0 Å². The summed E-state index contributed by atoms with van der Waals surface area (Å²) in [6, 6.07) is 2.11. The van der Waals surface area contributed by atoms with Gasteiger partial charge >= 0.3 is 0 Å². The van der Waals surface area contributed by atoms with Crippen molar-refractivity contribution in [2.24, 2.45) is 0 Å². The minimum absolute atomic E-state index is 0.0913. The molecule has 0 bridgehead atoms. The second-order valence-electron chi connectivity index (χ2n) is 3.96. The Morgan fingerprint density at radius 2 is 1.94 bits per heavy atom. The van der Waals surface area contributed by atoms with Gasteiger partial charge in [0.15, 0.2) is 0 Å². The van der Waals surface area contributed by atoms with Crippen molar-refractivity contribution in [2.75, 3.05) is 5.32 Å². The Kier molecular flexibility index (Phi) is 3.33. The Morgan fingerprint density at radius 3 is 2.47 bits per heavy atom. The molecular weight excluding hydrogens is 238 g/mol. The van der Waals surface area contributed by atoms with Crippen molar-refractivity contribution in [3.63, 3.8) is 0 Å². The molecule has 1 unspecified atom stereocenters. The summed E-state index contributed by atoms with van der Waals surface area (Å²) in [7, 11) is 0. The molecule has 5 heteroatoms. The summed E-state index contributed by atoms with van der Waals surface area (Å²) < 4.78 is 5.49. The number of rotatable bonds is 3. The van der Waals surface area contributed by atoms with Crippen LogP contribution in [0.5, 0.6) is 0 Å². The van der Waals surface area contributed by atoms with Gasteiger partial charge in [0.2, 0.25) is 5.95 Å². The van der Waals surface area contributed by atoms with Crippen LogP contribution in [-0.4, -0.2) is 9.97 Å². The highest BCUT2D eigenvalue weighted by molar-refractivity contribution is 6.30. The molecule has 0 fully saturated rings. The van der Waals surface area contributed by atoms with Crippen LogP contribution >= 0.6 is 11.6 Å². The second kappa shape index (κ2) is 4.75. The Hall–Kier alpha value is -1.55. The third-order valence-corrected chi connectivity index (χ3v) is 2.71. The number of nitrogens with zero attached hydrogens (tertiary/aromatic N) is 2. The molecule has 2 heterocycles. The fourth-order valence-corrected chi connectivity index (χ4v) is 1.84. The van der Waals surface area contributed by atoms with Crippen LogP contribution in [-0.2, 0) is 0 Å². The van der Waals surface area contributed by atoms with Crippen molar-refractivity contribution in [1.82, 2.24) is 9.97 Å². The summed E-state index contributed by atoms with van der Waals surface area (Å²) in [6.07, 6.45) is 3.13. The lowest BCUT2D eigenvalue weighted by Gasteiger charge is -2.12. The summed E-state index contributed by atoms with van der Waals surface area (Å²) in [5.41, 5.74) is 1.11. The molecule has 0 aromatic carbocycles. The predicted octanol–water partition coefficient (Wildman–Crippen LogP) is 3.51. The first-order chi connectivity index (χ1) is 8.06. The molecule has 2 aromatic heterocycles. The normalized spacial score (nSPS) is 12.5. The number of anilines is 1. The van der Waals surface area contributed by atoms with Crippen LogP contribution in [0.3, 0.4) is 0 Å². The minimum Gasteiger partial charge on any atom is -0.466 e. The molecule has 0 aliphatic rings. The van der Waals surface area contributed by atoms with E-state index in [1.807, 2.05) is 26.8 Å². The Bertz CT molecular complexity index is 507. The third-order valence-electron chi connectivity index (χ3n) is 2.51. The van der Waals surface area contributed by atoms with E-state index < -0.39 is 0 Å². The summed E-state index contributed by atoms with van der Waals surface area (Å²) in [5.74, 6) is 2.37. The van der Waals surface area contributed by atoms with Crippen molar-refractivity contribution in [3.05, 3.63) is 40.6 Å². The average Bonchev–Trinajstić information content (AvgIpc) is 2.61. The Morgan fingerprint density at radius 1 is 1.29 bits per heavy atom. The van der Waals surface area contributed by atoms with Gasteiger partial charge in [-0.25, -0.2) is 9.97 Å². The number of hydrogen-bond acceptors (Lipinski definition) is 4. The number of halogens is 1. The van der Waals surface area contributed by atoms with E-state index in [4.69, 9.17) is 16.0 Å². The lowest BCUT2D eigenvalue weighted by Crippen LogP contribution is -2.09. The first-order valence-corrected chi connectivity index (χ1v) is 5.75. The monoisotopic (exact) mass is 251 g/mol. The van der Waals surface area contributed by atoms with Gasteiger partial charge in [-0.1, -0.05) is 11.6 Å². The topological polar surface area (TPSA) is 51.0 Å². The number of nitrogens with one attached hydrogen (secondary N) is 1. The summed E-state index contributed by atoms with van der Waals surface area (Å²) in [4.78, 5) is 8.19. The van der Waals surface area contributed by atoms with E-state index in [2.05, 4.69) is 15.3 Å². The molecule has 2 rings (SSSR count). The summed E-state index contributed by atoms with van der Waals surface area (Å²) in [5, 5.41) is 3.73. The fourth-order valence-electron chi connectivity index (χ4n) is 1.74. The molecule has 1 N–H and O–H groups in total. The first kappa shape index (κ1) is 11.9. The summed E-state index contributed by atoms with van der Waals surface area (Å²) in [6.45, 7) is 5.92. The van der Waals surface area contributed by atoms with E-state index in [9.17, 15) is 0 Å². The smallest absolute Gasteiger partial charge is 0.223 e. The van der Waals surface area contributed by atoms with Gasteiger partial charge in [0.1, 0.15) is 11.5 Å². The molecule has 4 nitrogen and oxygen atoms in total. The molecule has 0 saturated heterocycles. The first-order valence-electron chi connectivity index (χ1n) is 5.37. The van der Waals surface area contributed by atoms with Gasteiger partial charge in [-0.3, -0.25) is 0 Å². The maximum absolute atomic E-state index is 5.73. The zero-order chi connectivity index (χ0) is 12.4. The van der Waals surface area contributed by atoms with Crippen LogP contribution in [0.2, 0.25) is 5.02 Å². The molecule has 0 amide bonds. The van der Waals surface area contributed by atoms with E-state index in [1.54, 1.807) is 12.4 Å². The van der Waals surface area contributed by atoms with Crippen LogP contribution in [0.4, 0.5) is 5.95 Å². The second-order valence-corrected chi connectivity index (χ2v) is 4.40. The highest BCUT2D eigenvalue weighted by Crippen LogP contribution is 2.23. The van der Waals surface area contributed by atoms with Crippen molar-refractivity contribution >= 4 is 17.5 Å². The number of furan rings is 1. The van der Waals surface area contributed by atoms with Crippen LogP contribution in [0.15, 0.2) is 22.9 Å². The Balaban J connectivity index is 2.14. The molecule has 0 radical (unpaired) electrons. The molecule has 0 saturated carbocycles. The van der Waals surface area contributed by atoms with Gasteiger partial charge in [0, 0.05) is 5.56 Å². The molecular formula is C12H14ClN3O. The minimum atomic E-state index is 0.0913. The van der Waals surface area contributed by atoms with Crippen molar-refractivity contribution in [1.29, 1.82) is 0 Å². The number of aromatic nitrogens is 2. The van der Waals surface area contributed by atoms with Gasteiger partial charge < -0.3 is 9.73 Å². The van der Waals surface area contributed by atoms with E-state index in [0.717, 1.165) is 17.1 Å². The number of hydrogen-bond donors (Lipinski definition) is 1. The predicted molar refractivity (Wildman–Crippen MR) is 67.3 cm³/mol. The lowest BCUT2D eigenvalue weighted by molar-refractivity contribution is 0.499. The van der Waals surface area contributed by atoms with E-state index >= 15 is 0 Å². The SMILES string of the molecule is Cc1cc(C(C)Nc2ncc(Cl)cn2)c(C)o1. The Labute approximate surface area is 105 Å². The molecule has 0 spiro atoms. The summed E-state index contributed by atoms with van der Waals surface area (Å²) >= 11 is 5.73. The molecule has 0 aliphatic heterocycles. The largest absolute Gasteiger partial charge is 0.466 e. The highest BCUT2D eigenvalue weighted by atomic mass is 35.5. The quantitative estimate of drug-likeness (QED) is 0.907. The van der Waals surface area contributed by atoms with E-state index in [-0.39, 0.29) is 6.04 Å². The molecule has 0 aliphatic carbocycles. The van der Waals surface area contributed by atoms with Crippen molar-refractivity contribution in [3.8, 4) is 0 Å². The van der Waals surface area contributed by atoms with Gasteiger partial charge in [-0.2, -0.15) is 0 Å².